The Labute approximate surface area is 388 Å². The zero-order chi connectivity index (χ0) is 42.6. The molecule has 2 aromatic heterocycles. The van der Waals surface area contributed by atoms with Gasteiger partial charge in [-0.2, -0.15) is 0 Å². The first-order valence-corrected chi connectivity index (χ1v) is 31.7. The van der Waals surface area contributed by atoms with Crippen LogP contribution in [-0.2, 0) is 11.8 Å². The fourth-order valence-corrected chi connectivity index (χ4v) is 22.7. The second-order valence-electron chi connectivity index (χ2n) is 15.7. The number of pyridine rings is 1. The second-order valence-corrected chi connectivity index (χ2v) is 32.6. The summed E-state index contributed by atoms with van der Waals surface area (Å²) in [5.74, 6) is 0. The molecule has 0 radical (unpaired) electrons. The van der Waals surface area contributed by atoms with Crippen molar-refractivity contribution in [1.29, 1.82) is 0 Å². The van der Waals surface area contributed by atoms with Gasteiger partial charge in [0.05, 0.1) is 0 Å². The van der Waals surface area contributed by atoms with Gasteiger partial charge in [0, 0.05) is 0 Å². The van der Waals surface area contributed by atoms with Crippen molar-refractivity contribution < 1.29 is 0 Å². The number of hydrogen-bond donors (Lipinski definition) is 0. The molecule has 63 heavy (non-hydrogen) atoms. The topological polar surface area (TPSA) is 17.3 Å². The average molecular weight is 1010 g/mol. The Morgan fingerprint density at radius 3 is 1.17 bits per heavy atom. The summed E-state index contributed by atoms with van der Waals surface area (Å²) in [6, 6.07) is 83.8. The van der Waals surface area contributed by atoms with E-state index >= 15 is 0 Å². The molecule has 2 nitrogen and oxygen atoms in total. The molecule has 9 aromatic carbocycles. The number of fused-ring (bicyclic) bond motifs is 8. The summed E-state index contributed by atoms with van der Waals surface area (Å²) in [5, 5.41) is 14.6. The molecule has 0 spiro atoms. The summed E-state index contributed by atoms with van der Waals surface area (Å²) in [7, 11) is 0. The molecular weight excluding hydrogens is 972 g/mol. The third-order valence-corrected chi connectivity index (χ3v) is 31.2. The molecule has 11 rings (SSSR count). The van der Waals surface area contributed by atoms with E-state index in [1.54, 1.807) is 0 Å². The van der Waals surface area contributed by atoms with E-state index in [1.807, 2.05) is 0 Å². The van der Waals surface area contributed by atoms with Crippen LogP contribution in [-0.4, -0.2) is 39.6 Å². The van der Waals surface area contributed by atoms with Gasteiger partial charge in [0.15, 0.2) is 0 Å². The van der Waals surface area contributed by atoms with Gasteiger partial charge in [-0.15, -0.1) is 0 Å². The van der Waals surface area contributed by atoms with E-state index in [4.69, 9.17) is 16.8 Å². The van der Waals surface area contributed by atoms with Crippen LogP contribution in [0, 0.1) is 0 Å². The van der Waals surface area contributed by atoms with Crippen LogP contribution in [0.3, 0.4) is 0 Å². The van der Waals surface area contributed by atoms with Crippen molar-refractivity contribution >= 4 is 145 Å². The molecule has 0 bridgehead atoms. The standard InChI is InChI=1S/C55H39N2P3SSe2/c61-58(40-19-7-1-8-20-40,41-21-9-2-10-22-41)46-31-35-50-51(37-46)49-34-32-48(60(63,44-27-15-5-16-28-44)45-29-17-6-18-30-45)39-54(49)57-53-36-33-47(38-52(53)56-55(50)57)59(62,42-23-11-3-12-24-42)43-25-13-4-14-26-43/h1-39H. The summed E-state index contributed by atoms with van der Waals surface area (Å²) < 4.78 is 2.41. The van der Waals surface area contributed by atoms with E-state index in [9.17, 15) is 0 Å². The Morgan fingerprint density at radius 2 is 0.714 bits per heavy atom. The summed E-state index contributed by atoms with van der Waals surface area (Å²) >= 11 is 14.5. The van der Waals surface area contributed by atoms with Crippen molar-refractivity contribution in [3.63, 3.8) is 0 Å². The quantitative estimate of drug-likeness (QED) is 0.0816. The maximum atomic E-state index is 6.93. The van der Waals surface area contributed by atoms with Gasteiger partial charge in [-0.25, -0.2) is 0 Å². The van der Waals surface area contributed by atoms with Gasteiger partial charge in [-0.05, 0) is 0 Å². The molecule has 0 saturated carbocycles. The van der Waals surface area contributed by atoms with Crippen LogP contribution >= 0.6 is 17.1 Å². The van der Waals surface area contributed by atoms with Crippen LogP contribution in [0.4, 0.5) is 0 Å². The first-order valence-electron chi connectivity index (χ1n) is 20.9. The second kappa shape index (κ2) is 16.5. The van der Waals surface area contributed by atoms with E-state index in [-0.39, 0.29) is 0 Å². The Balaban J connectivity index is 1.23. The van der Waals surface area contributed by atoms with Crippen molar-refractivity contribution in [2.75, 3.05) is 0 Å². The average Bonchev–Trinajstić information content (AvgIpc) is 3.76. The van der Waals surface area contributed by atoms with Gasteiger partial charge >= 0.3 is 379 Å². The third kappa shape index (κ3) is 6.74. The van der Waals surface area contributed by atoms with Crippen LogP contribution in [0.5, 0.6) is 0 Å². The predicted molar refractivity (Wildman–Crippen MR) is 283 cm³/mol. The molecule has 2 heterocycles. The molecule has 0 fully saturated rings. The number of rotatable bonds is 9. The van der Waals surface area contributed by atoms with E-state index in [2.05, 4.69) is 271 Å². The molecule has 0 atom stereocenters. The minimum absolute atomic E-state index is 0.938. The molecule has 0 unspecified atom stereocenters. The van der Waals surface area contributed by atoms with Crippen LogP contribution in [0.1, 0.15) is 0 Å². The van der Waals surface area contributed by atoms with Crippen molar-refractivity contribution in [2.24, 2.45) is 0 Å². The first-order chi connectivity index (χ1) is 30.9. The fourth-order valence-electron chi connectivity index (χ4n) is 9.13. The Hall–Kier alpha value is -5.00. The Bertz CT molecular complexity index is 3510. The first kappa shape index (κ1) is 40.8. The van der Waals surface area contributed by atoms with Gasteiger partial charge in [0.1, 0.15) is 0 Å². The van der Waals surface area contributed by atoms with Crippen LogP contribution < -0.4 is 47.7 Å². The Kier molecular flexibility index (Phi) is 10.7. The minimum atomic E-state index is -2.44. The molecule has 0 aliphatic carbocycles. The summed E-state index contributed by atoms with van der Waals surface area (Å²) in [6.07, 6.45) is 0. The summed E-state index contributed by atoms with van der Waals surface area (Å²) in [5.41, 5.74) is -0.220. The molecule has 0 saturated heterocycles. The number of imidazole rings is 1. The monoisotopic (exact) mass is 1010 g/mol. The molecule has 0 amide bonds. The summed E-state index contributed by atoms with van der Waals surface area (Å²) in [4.78, 5) is 5.62. The van der Waals surface area contributed by atoms with Crippen LogP contribution in [0.25, 0.3) is 38.4 Å². The van der Waals surface area contributed by atoms with Crippen LogP contribution in [0.15, 0.2) is 237 Å². The van der Waals surface area contributed by atoms with Gasteiger partial charge in [0.2, 0.25) is 0 Å². The van der Waals surface area contributed by atoms with E-state index in [0.29, 0.717) is 0 Å². The van der Waals surface area contributed by atoms with Gasteiger partial charge in [0.25, 0.3) is 0 Å². The maximum absolute atomic E-state index is 6.93. The van der Waals surface area contributed by atoms with Gasteiger partial charge in [-0.3, -0.25) is 0 Å². The third-order valence-electron chi connectivity index (χ3n) is 12.2. The van der Waals surface area contributed by atoms with E-state index < -0.39 is 17.1 Å². The van der Waals surface area contributed by atoms with Gasteiger partial charge in [-0.1, -0.05) is 12.1 Å². The molecule has 0 aliphatic rings. The number of nitrogens with zero attached hydrogens (tertiary/aromatic N) is 2. The zero-order valence-electron chi connectivity index (χ0n) is 34.0. The molecule has 0 N–H and O–H groups in total. The van der Waals surface area contributed by atoms with Crippen molar-refractivity contribution in [3.8, 4) is 0 Å². The molecular formula is C55H39N2P3SSe2. The van der Waals surface area contributed by atoms with Crippen molar-refractivity contribution in [2.45, 2.75) is 0 Å². The molecule has 302 valence electrons. The van der Waals surface area contributed by atoms with Crippen molar-refractivity contribution in [3.05, 3.63) is 237 Å². The SMILES string of the molecule is S=P(c1ccccc1)(c1ccccc1)c1ccc2c(c1)c1ccc(P(=[Se])(c3ccccc3)c3ccccc3)cc1n1c3ccc(P(=[Se])(c4ccccc4)c4ccccc4)cc3nc21. The zero-order valence-corrected chi connectivity index (χ0v) is 40.9. The number of benzene rings is 9. The fraction of sp³-hybridized carbons (Fsp3) is 0. The number of aromatic nitrogens is 2. The molecule has 0 aliphatic heterocycles. The van der Waals surface area contributed by atoms with E-state index in [1.165, 1.54) is 47.8 Å². The normalized spacial score (nSPS) is 12.3. The number of hydrogen-bond acceptors (Lipinski definition) is 2. The van der Waals surface area contributed by atoms with E-state index in [0.717, 1.165) is 38.3 Å². The molecule has 8 heteroatoms. The van der Waals surface area contributed by atoms with Crippen LogP contribution in [0.2, 0.25) is 0 Å². The summed E-state index contributed by atoms with van der Waals surface area (Å²) in [6.45, 7) is 0. The predicted octanol–water partition coefficient (Wildman–Crippen LogP) is 9.30. The molecule has 11 aromatic rings. The van der Waals surface area contributed by atoms with Gasteiger partial charge < -0.3 is 0 Å². The Morgan fingerprint density at radius 1 is 0.333 bits per heavy atom. The van der Waals surface area contributed by atoms with Crippen molar-refractivity contribution in [1.82, 2.24) is 9.38 Å².